The van der Waals surface area contributed by atoms with E-state index in [-0.39, 0.29) is 22.9 Å². The average molecular weight is 290 g/mol. The van der Waals surface area contributed by atoms with E-state index in [1.54, 1.807) is 0 Å². The summed E-state index contributed by atoms with van der Waals surface area (Å²) in [6, 6.07) is 13.6. The zero-order valence-corrected chi connectivity index (χ0v) is 11.2. The summed E-state index contributed by atoms with van der Waals surface area (Å²) in [5.74, 6) is -1.28. The Kier molecular flexibility index (Phi) is 4.38. The second kappa shape index (κ2) is 6.21. The molecule has 5 heteroatoms. The van der Waals surface area contributed by atoms with E-state index in [0.717, 1.165) is 5.56 Å². The van der Waals surface area contributed by atoms with Gasteiger partial charge in [-0.3, -0.25) is 4.79 Å². The maximum Gasteiger partial charge on any atom is 0.337 e. The maximum atomic E-state index is 11.8. The Morgan fingerprint density at radius 2 is 1.80 bits per heavy atom. The summed E-state index contributed by atoms with van der Waals surface area (Å²) in [5, 5.41) is 11.6. The van der Waals surface area contributed by atoms with Crippen LogP contribution in [0, 0.1) is 0 Å². The Bertz CT molecular complexity index is 641. The van der Waals surface area contributed by atoms with Crippen molar-refractivity contribution < 1.29 is 14.7 Å². The van der Waals surface area contributed by atoms with Gasteiger partial charge in [-0.05, 0) is 23.8 Å². The van der Waals surface area contributed by atoms with Crippen molar-refractivity contribution >= 4 is 29.2 Å². The van der Waals surface area contributed by atoms with Crippen LogP contribution in [-0.2, 0) is 11.2 Å². The third-order valence-corrected chi connectivity index (χ3v) is 3.00. The highest BCUT2D eigenvalue weighted by Gasteiger charge is 2.10. The first-order valence-electron chi connectivity index (χ1n) is 5.93. The van der Waals surface area contributed by atoms with Gasteiger partial charge in [0.15, 0.2) is 0 Å². The molecule has 0 fully saturated rings. The molecule has 0 saturated heterocycles. The Balaban J connectivity index is 2.05. The van der Waals surface area contributed by atoms with E-state index < -0.39 is 5.97 Å². The molecule has 0 atom stereocenters. The Labute approximate surface area is 121 Å². The van der Waals surface area contributed by atoms with Crippen LogP contribution in [0.4, 0.5) is 5.69 Å². The molecule has 20 heavy (non-hydrogen) atoms. The van der Waals surface area contributed by atoms with Crippen molar-refractivity contribution in [3.8, 4) is 0 Å². The molecule has 4 nitrogen and oxygen atoms in total. The molecule has 0 aliphatic rings. The molecule has 0 heterocycles. The minimum absolute atomic E-state index is 0.00715. The first-order chi connectivity index (χ1) is 9.56. The largest absolute Gasteiger partial charge is 0.478 e. The number of benzene rings is 2. The zero-order valence-electron chi connectivity index (χ0n) is 10.5. The number of carbonyl (C=O) groups is 2. The molecule has 0 aliphatic carbocycles. The Morgan fingerprint density at radius 3 is 2.40 bits per heavy atom. The third-order valence-electron chi connectivity index (χ3n) is 2.69. The summed E-state index contributed by atoms with van der Waals surface area (Å²) >= 11 is 5.84. The molecule has 0 radical (unpaired) electrons. The van der Waals surface area contributed by atoms with Crippen LogP contribution in [0.1, 0.15) is 15.9 Å². The van der Waals surface area contributed by atoms with Crippen LogP contribution in [0.3, 0.4) is 0 Å². The fourth-order valence-electron chi connectivity index (χ4n) is 1.75. The van der Waals surface area contributed by atoms with Gasteiger partial charge < -0.3 is 10.4 Å². The van der Waals surface area contributed by atoms with Gasteiger partial charge in [0.1, 0.15) is 0 Å². The number of halogens is 1. The molecule has 102 valence electrons. The van der Waals surface area contributed by atoms with Crippen LogP contribution in [0.2, 0.25) is 5.02 Å². The fraction of sp³-hybridized carbons (Fsp3) is 0.0667. The highest BCUT2D eigenvalue weighted by Crippen LogP contribution is 2.21. The Morgan fingerprint density at radius 1 is 1.10 bits per heavy atom. The zero-order chi connectivity index (χ0) is 14.5. The monoisotopic (exact) mass is 289 g/mol. The molecule has 0 aromatic heterocycles. The van der Waals surface area contributed by atoms with Crippen LogP contribution in [0.15, 0.2) is 48.5 Å². The van der Waals surface area contributed by atoms with E-state index in [0.29, 0.717) is 5.69 Å². The lowest BCUT2D eigenvalue weighted by atomic mass is 10.1. The summed E-state index contributed by atoms with van der Waals surface area (Å²) in [7, 11) is 0. The molecule has 0 spiro atoms. The number of rotatable bonds is 4. The normalized spacial score (nSPS) is 10.1. The van der Waals surface area contributed by atoms with Crippen molar-refractivity contribution in [3.05, 3.63) is 64.7 Å². The minimum Gasteiger partial charge on any atom is -0.478 e. The van der Waals surface area contributed by atoms with E-state index in [9.17, 15) is 9.59 Å². The van der Waals surface area contributed by atoms with Crippen LogP contribution in [-0.4, -0.2) is 17.0 Å². The smallest absolute Gasteiger partial charge is 0.337 e. The van der Waals surface area contributed by atoms with Crippen molar-refractivity contribution in [1.29, 1.82) is 0 Å². The number of carboxylic acid groups (broad SMARTS) is 1. The van der Waals surface area contributed by atoms with Gasteiger partial charge in [-0.2, -0.15) is 0 Å². The summed E-state index contributed by atoms with van der Waals surface area (Å²) in [6.45, 7) is 0. The number of hydrogen-bond donors (Lipinski definition) is 2. The fourth-order valence-corrected chi connectivity index (χ4v) is 2.01. The lowest BCUT2D eigenvalue weighted by Crippen LogP contribution is -2.14. The third kappa shape index (κ3) is 3.59. The van der Waals surface area contributed by atoms with E-state index in [1.807, 2.05) is 30.3 Å². The first kappa shape index (κ1) is 14.1. The quantitative estimate of drug-likeness (QED) is 0.908. The van der Waals surface area contributed by atoms with Crippen molar-refractivity contribution in [3.63, 3.8) is 0 Å². The van der Waals surface area contributed by atoms with E-state index in [2.05, 4.69) is 5.32 Å². The van der Waals surface area contributed by atoms with Crippen molar-refractivity contribution in [2.75, 3.05) is 5.32 Å². The van der Waals surface area contributed by atoms with Gasteiger partial charge in [0.2, 0.25) is 5.91 Å². The molecule has 2 aromatic rings. The van der Waals surface area contributed by atoms with Crippen LogP contribution in [0.5, 0.6) is 0 Å². The van der Waals surface area contributed by atoms with E-state index >= 15 is 0 Å². The number of hydrogen-bond acceptors (Lipinski definition) is 2. The molecule has 0 saturated carbocycles. The van der Waals surface area contributed by atoms with Gasteiger partial charge in [0, 0.05) is 5.69 Å². The van der Waals surface area contributed by atoms with E-state index in [1.165, 1.54) is 18.2 Å². The highest BCUT2D eigenvalue weighted by atomic mass is 35.5. The second-order valence-electron chi connectivity index (χ2n) is 4.21. The summed E-state index contributed by atoms with van der Waals surface area (Å²) in [6.07, 6.45) is 0.249. The lowest BCUT2D eigenvalue weighted by Gasteiger charge is -2.07. The standard InChI is InChI=1S/C15H12ClNO3/c16-13-9-11(6-7-12(13)15(19)20)17-14(18)8-10-4-2-1-3-5-10/h1-7,9H,8H2,(H,17,18)(H,19,20). The van der Waals surface area contributed by atoms with Crippen molar-refractivity contribution in [2.45, 2.75) is 6.42 Å². The predicted molar refractivity (Wildman–Crippen MR) is 77.2 cm³/mol. The summed E-state index contributed by atoms with van der Waals surface area (Å²) in [4.78, 5) is 22.7. The van der Waals surface area contributed by atoms with Crippen molar-refractivity contribution in [1.82, 2.24) is 0 Å². The Hall–Kier alpha value is -2.33. The SMILES string of the molecule is O=C(Cc1ccccc1)Nc1ccc(C(=O)O)c(Cl)c1. The minimum atomic E-state index is -1.10. The molecule has 0 aliphatic heterocycles. The molecular weight excluding hydrogens is 278 g/mol. The highest BCUT2D eigenvalue weighted by molar-refractivity contribution is 6.33. The number of nitrogens with one attached hydrogen (secondary N) is 1. The van der Waals surface area contributed by atoms with Gasteiger partial charge >= 0.3 is 5.97 Å². The van der Waals surface area contributed by atoms with E-state index in [4.69, 9.17) is 16.7 Å². The van der Waals surface area contributed by atoms with Crippen molar-refractivity contribution in [2.24, 2.45) is 0 Å². The van der Waals surface area contributed by atoms with Crippen LogP contribution >= 0.6 is 11.6 Å². The lowest BCUT2D eigenvalue weighted by molar-refractivity contribution is -0.115. The van der Waals surface area contributed by atoms with Gasteiger partial charge in [-0.1, -0.05) is 41.9 Å². The molecular formula is C15H12ClNO3. The maximum absolute atomic E-state index is 11.8. The van der Waals surface area contributed by atoms with Gasteiger partial charge in [-0.15, -0.1) is 0 Å². The number of carbonyl (C=O) groups excluding carboxylic acids is 1. The van der Waals surface area contributed by atoms with Gasteiger partial charge in [-0.25, -0.2) is 4.79 Å². The topological polar surface area (TPSA) is 66.4 Å². The number of anilines is 1. The number of amides is 1. The van der Waals surface area contributed by atoms with Gasteiger partial charge in [0.05, 0.1) is 17.0 Å². The number of carboxylic acids is 1. The molecule has 0 bridgehead atoms. The van der Waals surface area contributed by atoms with Gasteiger partial charge in [0.25, 0.3) is 0 Å². The second-order valence-corrected chi connectivity index (χ2v) is 4.62. The first-order valence-corrected chi connectivity index (χ1v) is 6.30. The molecule has 1 amide bonds. The summed E-state index contributed by atoms with van der Waals surface area (Å²) < 4.78 is 0. The average Bonchev–Trinajstić information content (AvgIpc) is 2.39. The molecule has 0 unspecified atom stereocenters. The molecule has 2 aromatic carbocycles. The predicted octanol–water partition coefficient (Wildman–Crippen LogP) is 3.22. The molecule has 2 N–H and O–H groups in total. The van der Waals surface area contributed by atoms with Crippen LogP contribution < -0.4 is 5.32 Å². The van der Waals surface area contributed by atoms with Crippen LogP contribution in [0.25, 0.3) is 0 Å². The molecule has 2 rings (SSSR count). The summed E-state index contributed by atoms with van der Waals surface area (Å²) in [5.41, 5.74) is 1.38. The number of aromatic carboxylic acids is 1.